The van der Waals surface area contributed by atoms with Crippen LogP contribution in [0.3, 0.4) is 0 Å². The SMILES string of the molecule is CCC1(CNC(=O)NCc2ccc(C(=O)O)cc2)CC1. The molecular formula is C15H20N2O3. The van der Waals surface area contributed by atoms with Gasteiger partial charge < -0.3 is 15.7 Å². The van der Waals surface area contributed by atoms with E-state index in [0.717, 1.165) is 18.5 Å². The van der Waals surface area contributed by atoms with Crippen molar-refractivity contribution >= 4 is 12.0 Å². The fourth-order valence-electron chi connectivity index (χ4n) is 2.11. The molecule has 0 aliphatic heterocycles. The van der Waals surface area contributed by atoms with E-state index in [1.54, 1.807) is 12.1 Å². The van der Waals surface area contributed by atoms with Crippen molar-refractivity contribution in [1.29, 1.82) is 0 Å². The number of amides is 2. The van der Waals surface area contributed by atoms with Gasteiger partial charge in [0.05, 0.1) is 5.56 Å². The molecule has 0 aromatic heterocycles. The highest BCUT2D eigenvalue weighted by atomic mass is 16.4. The molecule has 0 radical (unpaired) electrons. The Bertz CT molecular complexity index is 492. The summed E-state index contributed by atoms with van der Waals surface area (Å²) in [5.41, 5.74) is 1.46. The lowest BCUT2D eigenvalue weighted by molar-refractivity contribution is 0.0697. The number of carbonyl (C=O) groups excluding carboxylic acids is 1. The van der Waals surface area contributed by atoms with Gasteiger partial charge in [-0.1, -0.05) is 19.1 Å². The van der Waals surface area contributed by atoms with E-state index in [-0.39, 0.29) is 11.6 Å². The third-order valence-corrected chi connectivity index (χ3v) is 3.99. The molecule has 2 amide bonds. The average Bonchev–Trinajstić information content (AvgIpc) is 3.24. The van der Waals surface area contributed by atoms with Crippen LogP contribution in [-0.2, 0) is 6.54 Å². The van der Waals surface area contributed by atoms with Crippen molar-refractivity contribution in [2.75, 3.05) is 6.54 Å². The van der Waals surface area contributed by atoms with Crippen molar-refractivity contribution in [1.82, 2.24) is 10.6 Å². The summed E-state index contributed by atoms with van der Waals surface area (Å²) in [6.45, 7) is 3.27. The van der Waals surface area contributed by atoms with Gasteiger partial charge in [-0.05, 0) is 42.4 Å². The quantitative estimate of drug-likeness (QED) is 0.746. The normalized spacial score (nSPS) is 15.4. The van der Waals surface area contributed by atoms with Crippen LogP contribution < -0.4 is 10.6 Å². The standard InChI is InChI=1S/C15H20N2O3/c1-2-15(7-8-15)10-17-14(20)16-9-11-3-5-12(6-4-11)13(18)19/h3-6H,2,7-10H2,1H3,(H,18,19)(H2,16,17,20). The Morgan fingerprint density at radius 3 is 2.35 bits per heavy atom. The van der Waals surface area contributed by atoms with Crippen LogP contribution in [0.25, 0.3) is 0 Å². The molecule has 0 unspecified atom stereocenters. The van der Waals surface area contributed by atoms with Crippen LogP contribution in [0.2, 0.25) is 0 Å². The molecule has 0 saturated heterocycles. The van der Waals surface area contributed by atoms with Crippen molar-refractivity contribution in [3.05, 3.63) is 35.4 Å². The molecule has 1 aliphatic carbocycles. The van der Waals surface area contributed by atoms with E-state index in [1.807, 2.05) is 0 Å². The minimum Gasteiger partial charge on any atom is -0.478 e. The molecule has 1 fully saturated rings. The van der Waals surface area contributed by atoms with Gasteiger partial charge in [0.2, 0.25) is 0 Å². The molecule has 20 heavy (non-hydrogen) atoms. The molecule has 1 aromatic rings. The highest BCUT2D eigenvalue weighted by Crippen LogP contribution is 2.47. The summed E-state index contributed by atoms with van der Waals surface area (Å²) in [5.74, 6) is -0.948. The van der Waals surface area contributed by atoms with Crippen LogP contribution in [0.1, 0.15) is 42.1 Å². The monoisotopic (exact) mass is 276 g/mol. The lowest BCUT2D eigenvalue weighted by Gasteiger charge is -2.14. The van der Waals surface area contributed by atoms with E-state index < -0.39 is 5.97 Å². The predicted octanol–water partition coefficient (Wildman–Crippen LogP) is 2.37. The maximum atomic E-state index is 11.7. The number of aromatic carboxylic acids is 1. The fraction of sp³-hybridized carbons (Fsp3) is 0.467. The van der Waals surface area contributed by atoms with E-state index in [1.165, 1.54) is 25.0 Å². The Morgan fingerprint density at radius 2 is 1.85 bits per heavy atom. The molecule has 2 rings (SSSR count). The summed E-state index contributed by atoms with van der Waals surface area (Å²) >= 11 is 0. The molecule has 5 heteroatoms. The molecule has 1 aromatic carbocycles. The lowest BCUT2D eigenvalue weighted by Crippen LogP contribution is -2.38. The smallest absolute Gasteiger partial charge is 0.335 e. The molecule has 0 spiro atoms. The number of hydrogen-bond donors (Lipinski definition) is 3. The zero-order valence-corrected chi connectivity index (χ0v) is 11.6. The van der Waals surface area contributed by atoms with Crippen LogP contribution in [0.4, 0.5) is 4.79 Å². The molecule has 1 saturated carbocycles. The molecule has 1 aliphatic rings. The fourth-order valence-corrected chi connectivity index (χ4v) is 2.11. The largest absolute Gasteiger partial charge is 0.478 e. The third kappa shape index (κ3) is 3.73. The molecule has 5 nitrogen and oxygen atoms in total. The Hall–Kier alpha value is -2.04. The summed E-state index contributed by atoms with van der Waals surface area (Å²) < 4.78 is 0. The lowest BCUT2D eigenvalue weighted by atomic mass is 10.0. The number of carbonyl (C=O) groups is 2. The van der Waals surface area contributed by atoms with Crippen molar-refractivity contribution in [2.24, 2.45) is 5.41 Å². The molecular weight excluding hydrogens is 256 g/mol. The second kappa shape index (κ2) is 5.94. The van der Waals surface area contributed by atoms with Crippen LogP contribution in [0.15, 0.2) is 24.3 Å². The van der Waals surface area contributed by atoms with Crippen LogP contribution in [-0.4, -0.2) is 23.7 Å². The van der Waals surface area contributed by atoms with Crippen molar-refractivity contribution in [3.63, 3.8) is 0 Å². The van der Waals surface area contributed by atoms with Gasteiger partial charge in [0.15, 0.2) is 0 Å². The van der Waals surface area contributed by atoms with Gasteiger partial charge in [0, 0.05) is 13.1 Å². The van der Waals surface area contributed by atoms with E-state index in [2.05, 4.69) is 17.6 Å². The zero-order chi connectivity index (χ0) is 14.6. The summed E-state index contributed by atoms with van der Waals surface area (Å²) in [5, 5.41) is 14.5. The zero-order valence-electron chi connectivity index (χ0n) is 11.6. The van der Waals surface area contributed by atoms with Crippen molar-refractivity contribution in [3.8, 4) is 0 Å². The Labute approximate surface area is 118 Å². The summed E-state index contributed by atoms with van der Waals surface area (Å²) in [7, 11) is 0. The summed E-state index contributed by atoms with van der Waals surface area (Å²) in [4.78, 5) is 22.4. The van der Waals surface area contributed by atoms with Gasteiger partial charge in [-0.2, -0.15) is 0 Å². The van der Waals surface area contributed by atoms with Gasteiger partial charge in [0.25, 0.3) is 0 Å². The Balaban J connectivity index is 1.74. The number of benzene rings is 1. The summed E-state index contributed by atoms with van der Waals surface area (Å²) in [6.07, 6.45) is 3.49. The first-order valence-corrected chi connectivity index (χ1v) is 6.89. The number of carboxylic acid groups (broad SMARTS) is 1. The van der Waals surface area contributed by atoms with Gasteiger partial charge in [-0.25, -0.2) is 9.59 Å². The van der Waals surface area contributed by atoms with Crippen LogP contribution >= 0.6 is 0 Å². The molecule has 0 atom stereocenters. The van der Waals surface area contributed by atoms with E-state index in [4.69, 9.17) is 5.11 Å². The predicted molar refractivity (Wildman–Crippen MR) is 75.6 cm³/mol. The maximum Gasteiger partial charge on any atom is 0.335 e. The highest BCUT2D eigenvalue weighted by molar-refractivity contribution is 5.87. The summed E-state index contributed by atoms with van der Waals surface area (Å²) in [6, 6.07) is 6.31. The first-order valence-electron chi connectivity index (χ1n) is 6.89. The van der Waals surface area contributed by atoms with Gasteiger partial charge >= 0.3 is 12.0 Å². The van der Waals surface area contributed by atoms with E-state index >= 15 is 0 Å². The van der Waals surface area contributed by atoms with Gasteiger partial charge in [-0.15, -0.1) is 0 Å². The minimum atomic E-state index is -0.948. The van der Waals surface area contributed by atoms with Crippen LogP contribution in [0, 0.1) is 5.41 Å². The third-order valence-electron chi connectivity index (χ3n) is 3.99. The van der Waals surface area contributed by atoms with Crippen molar-refractivity contribution in [2.45, 2.75) is 32.7 Å². The van der Waals surface area contributed by atoms with E-state index in [0.29, 0.717) is 12.0 Å². The van der Waals surface area contributed by atoms with E-state index in [9.17, 15) is 9.59 Å². The first kappa shape index (κ1) is 14.4. The molecule has 0 bridgehead atoms. The number of carboxylic acids is 1. The number of hydrogen-bond acceptors (Lipinski definition) is 2. The maximum absolute atomic E-state index is 11.7. The highest BCUT2D eigenvalue weighted by Gasteiger charge is 2.40. The molecule has 3 N–H and O–H groups in total. The number of rotatable bonds is 6. The number of nitrogens with one attached hydrogen (secondary N) is 2. The second-order valence-electron chi connectivity index (χ2n) is 5.39. The van der Waals surface area contributed by atoms with Crippen molar-refractivity contribution < 1.29 is 14.7 Å². The average molecular weight is 276 g/mol. The molecule has 0 heterocycles. The topological polar surface area (TPSA) is 78.4 Å². The Kier molecular flexibility index (Phi) is 4.27. The van der Waals surface area contributed by atoms with Gasteiger partial charge in [0.1, 0.15) is 0 Å². The first-order chi connectivity index (χ1) is 9.54. The number of urea groups is 1. The van der Waals surface area contributed by atoms with Crippen LogP contribution in [0.5, 0.6) is 0 Å². The minimum absolute atomic E-state index is 0.174. The second-order valence-corrected chi connectivity index (χ2v) is 5.39. The Morgan fingerprint density at radius 1 is 1.20 bits per heavy atom. The van der Waals surface area contributed by atoms with Gasteiger partial charge in [-0.3, -0.25) is 0 Å². The molecule has 108 valence electrons.